The van der Waals surface area contributed by atoms with Crippen molar-refractivity contribution in [3.63, 3.8) is 0 Å². The molecule has 0 radical (unpaired) electrons. The van der Waals surface area contributed by atoms with E-state index in [0.717, 1.165) is 42.3 Å². The molecule has 2 aromatic rings. The molecule has 0 atom stereocenters. The minimum absolute atomic E-state index is 0.797. The van der Waals surface area contributed by atoms with Crippen molar-refractivity contribution in [3.8, 4) is 11.3 Å². The highest BCUT2D eigenvalue weighted by atomic mass is 15.1. The minimum atomic E-state index is 0.797. The van der Waals surface area contributed by atoms with Gasteiger partial charge in [0, 0.05) is 18.5 Å². The Kier molecular flexibility index (Phi) is 3.93. The number of hydrogen-bond acceptors (Lipinski definition) is 2. The molecule has 0 fully saturated rings. The fourth-order valence-corrected chi connectivity index (χ4v) is 2.53. The van der Waals surface area contributed by atoms with Gasteiger partial charge in [0.05, 0.1) is 0 Å². The van der Waals surface area contributed by atoms with E-state index in [9.17, 15) is 0 Å². The summed E-state index contributed by atoms with van der Waals surface area (Å²) in [5.74, 6) is 1.87. The quantitative estimate of drug-likeness (QED) is 0.907. The van der Waals surface area contributed by atoms with Crippen molar-refractivity contribution in [2.45, 2.75) is 47.1 Å². The van der Waals surface area contributed by atoms with Gasteiger partial charge in [-0.05, 0) is 25.8 Å². The fraction of sp³-hybridized carbons (Fsp3) is 0.438. The number of aryl methyl sites for hydroxylation is 3. The molecule has 0 aliphatic carbocycles. The molecule has 2 rings (SSSR count). The highest BCUT2D eigenvalue weighted by Gasteiger charge is 2.15. The number of anilines is 1. The Morgan fingerprint density at radius 1 is 1.21 bits per heavy atom. The van der Waals surface area contributed by atoms with Crippen LogP contribution in [-0.4, -0.2) is 9.55 Å². The first-order valence-electron chi connectivity index (χ1n) is 7.01. The maximum atomic E-state index is 6.31. The van der Waals surface area contributed by atoms with Gasteiger partial charge in [0.2, 0.25) is 0 Å². The van der Waals surface area contributed by atoms with E-state index in [1.165, 1.54) is 11.1 Å². The van der Waals surface area contributed by atoms with Gasteiger partial charge < -0.3 is 10.3 Å². The van der Waals surface area contributed by atoms with E-state index in [1.54, 1.807) is 0 Å². The van der Waals surface area contributed by atoms with Crippen molar-refractivity contribution in [3.05, 3.63) is 35.2 Å². The van der Waals surface area contributed by atoms with Crippen molar-refractivity contribution in [2.24, 2.45) is 0 Å². The third-order valence-electron chi connectivity index (χ3n) is 3.49. The standard InChI is InChI=1S/C16H23N3/c1-5-9-19-14(6-2)18-15(16(19)17)13-8-7-11(3)10-12(13)4/h7-8,10H,5-6,9,17H2,1-4H3. The molecule has 0 aliphatic rings. The zero-order valence-corrected chi connectivity index (χ0v) is 12.3. The van der Waals surface area contributed by atoms with E-state index in [0.29, 0.717) is 0 Å². The second-order valence-electron chi connectivity index (χ2n) is 5.09. The molecule has 2 N–H and O–H groups in total. The molecular weight excluding hydrogens is 234 g/mol. The number of aromatic nitrogens is 2. The molecule has 1 heterocycles. The first kappa shape index (κ1) is 13.7. The molecule has 1 aromatic heterocycles. The van der Waals surface area contributed by atoms with Crippen LogP contribution in [0.25, 0.3) is 11.3 Å². The van der Waals surface area contributed by atoms with Gasteiger partial charge in [-0.15, -0.1) is 0 Å². The minimum Gasteiger partial charge on any atom is -0.383 e. The molecule has 3 nitrogen and oxygen atoms in total. The molecule has 1 aromatic carbocycles. The summed E-state index contributed by atoms with van der Waals surface area (Å²) in [4.78, 5) is 4.75. The number of benzene rings is 1. The Bertz CT molecular complexity index is 582. The molecule has 102 valence electrons. The summed E-state index contributed by atoms with van der Waals surface area (Å²) < 4.78 is 2.15. The molecule has 0 spiro atoms. The van der Waals surface area contributed by atoms with E-state index in [1.807, 2.05) is 0 Å². The van der Waals surface area contributed by atoms with Crippen LogP contribution in [0.4, 0.5) is 5.82 Å². The number of rotatable bonds is 4. The van der Waals surface area contributed by atoms with Crippen molar-refractivity contribution < 1.29 is 0 Å². The Hall–Kier alpha value is -1.77. The van der Waals surface area contributed by atoms with Crippen molar-refractivity contribution in [2.75, 3.05) is 5.73 Å². The summed E-state index contributed by atoms with van der Waals surface area (Å²) in [7, 11) is 0. The van der Waals surface area contributed by atoms with Crippen LogP contribution in [0, 0.1) is 13.8 Å². The molecule has 0 saturated heterocycles. The smallest absolute Gasteiger partial charge is 0.131 e. The lowest BCUT2D eigenvalue weighted by atomic mass is 10.0. The molecule has 0 bridgehead atoms. The van der Waals surface area contributed by atoms with E-state index < -0.39 is 0 Å². The van der Waals surface area contributed by atoms with Crippen LogP contribution >= 0.6 is 0 Å². The second-order valence-corrected chi connectivity index (χ2v) is 5.09. The average Bonchev–Trinajstić information content (AvgIpc) is 2.68. The second kappa shape index (κ2) is 5.47. The van der Waals surface area contributed by atoms with Gasteiger partial charge in [-0.1, -0.05) is 37.6 Å². The van der Waals surface area contributed by atoms with Gasteiger partial charge in [-0.3, -0.25) is 0 Å². The molecule has 3 heteroatoms. The van der Waals surface area contributed by atoms with Crippen LogP contribution in [0.2, 0.25) is 0 Å². The topological polar surface area (TPSA) is 43.8 Å². The zero-order valence-electron chi connectivity index (χ0n) is 12.3. The third kappa shape index (κ3) is 2.50. The maximum Gasteiger partial charge on any atom is 0.131 e. The van der Waals surface area contributed by atoms with Crippen LogP contribution < -0.4 is 5.73 Å². The fourth-order valence-electron chi connectivity index (χ4n) is 2.53. The first-order valence-corrected chi connectivity index (χ1v) is 7.01. The molecular formula is C16H23N3. The summed E-state index contributed by atoms with van der Waals surface area (Å²) in [6.07, 6.45) is 1.98. The van der Waals surface area contributed by atoms with E-state index in [2.05, 4.69) is 50.5 Å². The molecule has 0 unspecified atom stereocenters. The lowest BCUT2D eigenvalue weighted by Crippen LogP contribution is -2.06. The van der Waals surface area contributed by atoms with Crippen LogP contribution in [-0.2, 0) is 13.0 Å². The van der Waals surface area contributed by atoms with Crippen LogP contribution in [0.15, 0.2) is 18.2 Å². The number of nitrogen functional groups attached to an aromatic ring is 1. The molecule has 0 amide bonds. The zero-order chi connectivity index (χ0) is 14.0. The normalized spacial score (nSPS) is 10.9. The maximum absolute atomic E-state index is 6.31. The largest absolute Gasteiger partial charge is 0.383 e. The highest BCUT2D eigenvalue weighted by Crippen LogP contribution is 2.29. The lowest BCUT2D eigenvalue weighted by molar-refractivity contribution is 0.650. The van der Waals surface area contributed by atoms with Crippen molar-refractivity contribution in [1.82, 2.24) is 9.55 Å². The molecule has 19 heavy (non-hydrogen) atoms. The Morgan fingerprint density at radius 2 is 1.95 bits per heavy atom. The van der Waals surface area contributed by atoms with Crippen molar-refractivity contribution >= 4 is 5.82 Å². The van der Waals surface area contributed by atoms with Gasteiger partial charge in [0.15, 0.2) is 0 Å². The summed E-state index contributed by atoms with van der Waals surface area (Å²) in [6.45, 7) is 9.45. The van der Waals surface area contributed by atoms with E-state index in [4.69, 9.17) is 10.7 Å². The Balaban J connectivity index is 2.56. The van der Waals surface area contributed by atoms with Crippen LogP contribution in [0.1, 0.15) is 37.2 Å². The van der Waals surface area contributed by atoms with E-state index in [-0.39, 0.29) is 0 Å². The average molecular weight is 257 g/mol. The highest BCUT2D eigenvalue weighted by molar-refractivity contribution is 5.74. The number of nitrogens with two attached hydrogens (primary N) is 1. The Morgan fingerprint density at radius 3 is 2.53 bits per heavy atom. The number of imidazole rings is 1. The number of hydrogen-bond donors (Lipinski definition) is 1. The predicted octanol–water partition coefficient (Wildman–Crippen LogP) is 3.72. The van der Waals surface area contributed by atoms with Gasteiger partial charge in [0.25, 0.3) is 0 Å². The van der Waals surface area contributed by atoms with Crippen LogP contribution in [0.3, 0.4) is 0 Å². The SMILES string of the molecule is CCCn1c(CC)nc(-c2ccc(C)cc2C)c1N. The van der Waals surface area contributed by atoms with Gasteiger partial charge in [-0.25, -0.2) is 4.98 Å². The lowest BCUT2D eigenvalue weighted by Gasteiger charge is -2.08. The summed E-state index contributed by atoms with van der Waals surface area (Å²) in [5.41, 5.74) is 10.9. The molecule has 0 saturated carbocycles. The van der Waals surface area contributed by atoms with Gasteiger partial charge in [0.1, 0.15) is 17.3 Å². The summed E-state index contributed by atoms with van der Waals surface area (Å²) in [5, 5.41) is 0. The van der Waals surface area contributed by atoms with Crippen molar-refractivity contribution in [1.29, 1.82) is 0 Å². The number of nitrogens with zero attached hydrogens (tertiary/aromatic N) is 2. The Labute approximate surface area is 115 Å². The van der Waals surface area contributed by atoms with Gasteiger partial charge in [-0.2, -0.15) is 0 Å². The van der Waals surface area contributed by atoms with Gasteiger partial charge >= 0.3 is 0 Å². The molecule has 0 aliphatic heterocycles. The summed E-state index contributed by atoms with van der Waals surface area (Å²) in [6, 6.07) is 6.42. The van der Waals surface area contributed by atoms with E-state index >= 15 is 0 Å². The monoisotopic (exact) mass is 257 g/mol. The first-order chi connectivity index (χ1) is 9.08. The summed E-state index contributed by atoms with van der Waals surface area (Å²) >= 11 is 0. The van der Waals surface area contributed by atoms with Crippen LogP contribution in [0.5, 0.6) is 0 Å². The predicted molar refractivity (Wildman–Crippen MR) is 81.2 cm³/mol. The third-order valence-corrected chi connectivity index (χ3v) is 3.49.